The zero-order valence-corrected chi connectivity index (χ0v) is 15.0. The average molecular weight is 333 g/mol. The molecule has 8 nitrogen and oxygen atoms in total. The molecular formula is C16H27N7O. The summed E-state index contributed by atoms with van der Waals surface area (Å²) in [4.78, 5) is 7.01. The maximum atomic E-state index is 5.12. The van der Waals surface area contributed by atoms with Crippen molar-refractivity contribution in [2.24, 2.45) is 7.05 Å². The van der Waals surface area contributed by atoms with Crippen LogP contribution in [0.15, 0.2) is 0 Å². The lowest BCUT2D eigenvalue weighted by molar-refractivity contribution is 0.128. The Kier molecular flexibility index (Phi) is 5.25. The predicted octanol–water partition coefficient (Wildman–Crippen LogP) is 1.93. The topological polar surface area (TPSA) is 84.8 Å². The fraction of sp³-hybridized carbons (Fsp3) is 0.750. The Balaban J connectivity index is 1.77. The average Bonchev–Trinajstić information content (AvgIpc) is 3.16. The molecule has 1 aliphatic rings. The summed E-state index contributed by atoms with van der Waals surface area (Å²) in [6.45, 7) is 6.55. The van der Waals surface area contributed by atoms with Gasteiger partial charge in [-0.3, -0.25) is 10.00 Å². The number of nitrogens with zero attached hydrogens (tertiary/aromatic N) is 6. The summed E-state index contributed by atoms with van der Waals surface area (Å²) < 4.78 is 7.24. The minimum atomic E-state index is 0.222. The number of H-pyrrole nitrogens is 1. The molecule has 1 saturated heterocycles. The summed E-state index contributed by atoms with van der Waals surface area (Å²) >= 11 is 0. The number of hydrogen-bond acceptors (Lipinski definition) is 6. The minimum absolute atomic E-state index is 0.222. The molecule has 1 atom stereocenters. The van der Waals surface area contributed by atoms with E-state index in [9.17, 15) is 0 Å². The van der Waals surface area contributed by atoms with E-state index in [4.69, 9.17) is 4.74 Å². The lowest BCUT2D eigenvalue weighted by Gasteiger charge is -2.33. The molecule has 3 heterocycles. The van der Waals surface area contributed by atoms with Gasteiger partial charge in [0.1, 0.15) is 18.3 Å². The first-order chi connectivity index (χ1) is 11.6. The van der Waals surface area contributed by atoms with Crippen molar-refractivity contribution in [1.82, 2.24) is 34.8 Å². The smallest absolute Gasteiger partial charge is 0.167 e. The van der Waals surface area contributed by atoms with Crippen molar-refractivity contribution in [3.8, 4) is 0 Å². The van der Waals surface area contributed by atoms with Crippen molar-refractivity contribution < 1.29 is 4.74 Å². The van der Waals surface area contributed by atoms with Crippen LogP contribution < -0.4 is 0 Å². The fourth-order valence-corrected chi connectivity index (χ4v) is 3.33. The molecule has 0 unspecified atom stereocenters. The van der Waals surface area contributed by atoms with E-state index in [-0.39, 0.29) is 6.04 Å². The van der Waals surface area contributed by atoms with Crippen LogP contribution in [0.4, 0.5) is 0 Å². The largest absolute Gasteiger partial charge is 0.377 e. The molecular weight excluding hydrogens is 306 g/mol. The molecule has 2 aromatic heterocycles. The van der Waals surface area contributed by atoms with Crippen molar-refractivity contribution in [1.29, 1.82) is 0 Å². The fourth-order valence-electron chi connectivity index (χ4n) is 3.33. The quantitative estimate of drug-likeness (QED) is 0.869. The normalized spacial score (nSPS) is 19.3. The first-order valence-electron chi connectivity index (χ1n) is 8.62. The zero-order valence-electron chi connectivity index (χ0n) is 15.0. The molecule has 8 heteroatoms. The molecule has 0 aromatic carbocycles. The summed E-state index contributed by atoms with van der Waals surface area (Å²) in [6, 6.07) is 0.222. The van der Waals surface area contributed by atoms with Gasteiger partial charge in [0, 0.05) is 20.1 Å². The first kappa shape index (κ1) is 17.0. The van der Waals surface area contributed by atoms with Crippen LogP contribution in [0.25, 0.3) is 0 Å². The standard InChI is InChI=1S/C16H27N7O/c1-11(2)16-21-19-14(22(16)3)9-23-8-6-5-7-12(23)15-17-13(10-24-4)18-20-15/h11-12H,5-10H2,1-4H3,(H,17,18,20)/t12-/m0/s1. The number of likely N-dealkylation sites (tertiary alicyclic amines) is 1. The minimum Gasteiger partial charge on any atom is -0.377 e. The van der Waals surface area contributed by atoms with Crippen molar-refractivity contribution >= 4 is 0 Å². The summed E-state index contributed by atoms with van der Waals surface area (Å²) in [5.74, 6) is 4.03. The van der Waals surface area contributed by atoms with Gasteiger partial charge in [0.25, 0.3) is 0 Å². The maximum Gasteiger partial charge on any atom is 0.167 e. The van der Waals surface area contributed by atoms with Gasteiger partial charge in [-0.05, 0) is 19.4 Å². The number of methoxy groups -OCH3 is 1. The molecule has 0 saturated carbocycles. The summed E-state index contributed by atoms with van der Waals surface area (Å²) in [5, 5.41) is 16.1. The van der Waals surface area contributed by atoms with Gasteiger partial charge in [0.15, 0.2) is 11.6 Å². The second-order valence-corrected chi connectivity index (χ2v) is 6.74. The van der Waals surface area contributed by atoms with E-state index >= 15 is 0 Å². The van der Waals surface area contributed by atoms with E-state index in [2.05, 4.69) is 48.7 Å². The molecule has 24 heavy (non-hydrogen) atoms. The third-order valence-electron chi connectivity index (χ3n) is 4.60. The monoisotopic (exact) mass is 333 g/mol. The molecule has 0 radical (unpaired) electrons. The van der Waals surface area contributed by atoms with Crippen LogP contribution in [0.3, 0.4) is 0 Å². The molecule has 1 N–H and O–H groups in total. The van der Waals surface area contributed by atoms with Crippen molar-refractivity contribution in [2.45, 2.75) is 58.2 Å². The van der Waals surface area contributed by atoms with Gasteiger partial charge < -0.3 is 9.30 Å². The summed E-state index contributed by atoms with van der Waals surface area (Å²) in [7, 11) is 3.71. The highest BCUT2D eigenvalue weighted by Gasteiger charge is 2.28. The van der Waals surface area contributed by atoms with Crippen LogP contribution >= 0.6 is 0 Å². The zero-order chi connectivity index (χ0) is 17.1. The van der Waals surface area contributed by atoms with E-state index in [0.717, 1.165) is 42.8 Å². The van der Waals surface area contributed by atoms with Gasteiger partial charge in [-0.25, -0.2) is 4.98 Å². The van der Waals surface area contributed by atoms with E-state index < -0.39 is 0 Å². The SMILES string of the molecule is COCc1nc([C@@H]2CCCCN2Cc2nnc(C(C)C)n2C)n[nH]1. The summed E-state index contributed by atoms with van der Waals surface area (Å²) in [6.07, 6.45) is 3.46. The van der Waals surface area contributed by atoms with E-state index in [1.165, 1.54) is 12.8 Å². The third kappa shape index (κ3) is 3.49. The van der Waals surface area contributed by atoms with Gasteiger partial charge in [-0.15, -0.1) is 10.2 Å². The number of ether oxygens (including phenoxy) is 1. The van der Waals surface area contributed by atoms with Gasteiger partial charge in [0.2, 0.25) is 0 Å². The second kappa shape index (κ2) is 7.40. The maximum absolute atomic E-state index is 5.12. The first-order valence-corrected chi connectivity index (χ1v) is 8.62. The van der Waals surface area contributed by atoms with Crippen LogP contribution in [0.2, 0.25) is 0 Å². The van der Waals surface area contributed by atoms with Crippen LogP contribution in [0, 0.1) is 0 Å². The Morgan fingerprint density at radius 3 is 2.83 bits per heavy atom. The highest BCUT2D eigenvalue weighted by molar-refractivity contribution is 5.03. The molecule has 3 rings (SSSR count). The molecule has 0 amide bonds. The third-order valence-corrected chi connectivity index (χ3v) is 4.60. The van der Waals surface area contributed by atoms with Gasteiger partial charge in [0.05, 0.1) is 12.6 Å². The number of hydrogen-bond donors (Lipinski definition) is 1. The van der Waals surface area contributed by atoms with Crippen LogP contribution in [-0.2, 0) is 24.9 Å². The molecule has 1 fully saturated rings. The van der Waals surface area contributed by atoms with Gasteiger partial charge in [-0.2, -0.15) is 5.10 Å². The van der Waals surface area contributed by atoms with Crippen LogP contribution in [-0.4, -0.2) is 48.5 Å². The Bertz CT molecular complexity index is 663. The number of nitrogens with one attached hydrogen (secondary N) is 1. The van der Waals surface area contributed by atoms with Crippen molar-refractivity contribution in [3.63, 3.8) is 0 Å². The molecule has 132 valence electrons. The highest BCUT2D eigenvalue weighted by Crippen LogP contribution is 2.30. The molecule has 0 bridgehead atoms. The van der Waals surface area contributed by atoms with Crippen molar-refractivity contribution in [2.75, 3.05) is 13.7 Å². The lowest BCUT2D eigenvalue weighted by atomic mass is 10.0. The molecule has 2 aromatic rings. The summed E-state index contributed by atoms with van der Waals surface area (Å²) in [5.41, 5.74) is 0. The second-order valence-electron chi connectivity index (χ2n) is 6.74. The molecule has 1 aliphatic heterocycles. The lowest BCUT2D eigenvalue weighted by Crippen LogP contribution is -2.34. The predicted molar refractivity (Wildman–Crippen MR) is 89.2 cm³/mol. The van der Waals surface area contributed by atoms with Crippen LogP contribution in [0.5, 0.6) is 0 Å². The molecule has 0 spiro atoms. The van der Waals surface area contributed by atoms with Crippen LogP contribution in [0.1, 0.15) is 68.4 Å². The Morgan fingerprint density at radius 2 is 2.12 bits per heavy atom. The number of aromatic nitrogens is 6. The molecule has 0 aliphatic carbocycles. The number of rotatable bonds is 6. The van der Waals surface area contributed by atoms with Gasteiger partial charge in [-0.1, -0.05) is 20.3 Å². The van der Waals surface area contributed by atoms with E-state index in [1.807, 2.05) is 7.05 Å². The number of piperidine rings is 1. The Hall–Kier alpha value is -1.80. The Morgan fingerprint density at radius 1 is 1.29 bits per heavy atom. The van der Waals surface area contributed by atoms with Crippen molar-refractivity contribution in [3.05, 3.63) is 23.3 Å². The Labute approximate surface area is 142 Å². The highest BCUT2D eigenvalue weighted by atomic mass is 16.5. The van der Waals surface area contributed by atoms with Gasteiger partial charge >= 0.3 is 0 Å². The van der Waals surface area contributed by atoms with E-state index in [1.54, 1.807) is 7.11 Å². The number of aromatic amines is 1. The van der Waals surface area contributed by atoms with E-state index in [0.29, 0.717) is 12.5 Å².